The Bertz CT molecular complexity index is 1140. The monoisotopic (exact) mass is 646 g/mol. The fraction of sp³-hybridized carbons (Fsp3) is 0.571. The quantitative estimate of drug-likeness (QED) is 0.0772. The maximum atomic E-state index is 13.0. The van der Waals surface area contributed by atoms with Crippen LogP contribution in [0.3, 0.4) is 0 Å². The minimum atomic E-state index is -5.44. The van der Waals surface area contributed by atoms with Gasteiger partial charge in [0.25, 0.3) is 0 Å². The lowest BCUT2D eigenvalue weighted by Gasteiger charge is -2.25. The molecule has 0 heterocycles. The second-order valence-corrected chi connectivity index (χ2v) is 10.3. The molecule has 0 bridgehead atoms. The zero-order valence-electron chi connectivity index (χ0n) is 25.1. The van der Waals surface area contributed by atoms with E-state index in [9.17, 15) is 41.9 Å². The average molecular weight is 647 g/mol. The molecule has 14 nitrogen and oxygen atoms in total. The summed E-state index contributed by atoms with van der Waals surface area (Å²) in [6, 6.07) is 3.81. The molecule has 0 fully saturated rings. The van der Waals surface area contributed by atoms with Crippen LogP contribution < -0.4 is 32.7 Å². The van der Waals surface area contributed by atoms with E-state index < -0.39 is 66.1 Å². The zero-order chi connectivity index (χ0) is 34.0. The highest BCUT2D eigenvalue weighted by Crippen LogP contribution is 2.17. The number of alkyl carbamates (subject to hydrolysis) is 1. The first kappa shape index (κ1) is 38.6. The second kappa shape index (κ2) is 19.8. The van der Waals surface area contributed by atoms with Crippen molar-refractivity contribution >= 4 is 35.9 Å². The molecule has 0 saturated heterocycles. The van der Waals surface area contributed by atoms with Gasteiger partial charge in [-0.1, -0.05) is 44.2 Å². The summed E-state index contributed by atoms with van der Waals surface area (Å²) in [5, 5.41) is 9.47. The standard InChI is InChI=1S/C28H41F3N6O8/c1-17(2)21(22(33)38)37-23(39)19(12-7-9-15-34-27(43)44-16-18-10-4-3-5-11-18)35-26(42)36-20(13-6-8-14-32)24(40)45-25(41)28(29,30)31/h3-5,10-11,17,19-21H,6-9,12-16,32H2,1-2H3,(H2,33,38)(H,34,43)(H,37,39)(H2,35,36,42)/t19-,20+,21+/m1/s1. The molecule has 17 heteroatoms. The van der Waals surface area contributed by atoms with E-state index in [0.717, 1.165) is 5.56 Å². The number of rotatable bonds is 18. The minimum absolute atomic E-state index is 0.0155. The van der Waals surface area contributed by atoms with Crippen molar-refractivity contribution in [2.45, 2.75) is 83.3 Å². The molecule has 1 aromatic carbocycles. The van der Waals surface area contributed by atoms with Crippen molar-refractivity contribution in [1.82, 2.24) is 21.3 Å². The van der Waals surface area contributed by atoms with Gasteiger partial charge in [0.05, 0.1) is 0 Å². The number of esters is 2. The average Bonchev–Trinajstić information content (AvgIpc) is 2.97. The number of nitrogens with two attached hydrogens (primary N) is 2. The number of ether oxygens (including phenoxy) is 2. The summed E-state index contributed by atoms with van der Waals surface area (Å²) in [4.78, 5) is 73.1. The van der Waals surface area contributed by atoms with E-state index in [1.54, 1.807) is 38.1 Å². The van der Waals surface area contributed by atoms with Gasteiger partial charge in [-0.2, -0.15) is 13.2 Å². The lowest BCUT2D eigenvalue weighted by atomic mass is 10.0. The Morgan fingerprint density at radius 3 is 2.04 bits per heavy atom. The van der Waals surface area contributed by atoms with Gasteiger partial charge in [-0.25, -0.2) is 19.2 Å². The normalized spacial score (nSPS) is 13.1. The van der Waals surface area contributed by atoms with Crippen LogP contribution in [-0.4, -0.2) is 73.3 Å². The third-order valence-corrected chi connectivity index (χ3v) is 6.26. The summed E-state index contributed by atoms with van der Waals surface area (Å²) in [5.74, 6) is -6.42. The third kappa shape index (κ3) is 15.8. The molecule has 3 atom stereocenters. The SMILES string of the molecule is CC(C)[C@H](NC(=O)[C@@H](CCCCNC(=O)OCc1ccccc1)NC(=O)N[C@@H](CCCCN)C(=O)OC(=O)C(F)(F)F)C(N)=O. The number of carbonyl (C=O) groups is 6. The smallest absolute Gasteiger partial charge is 0.445 e. The van der Waals surface area contributed by atoms with E-state index in [2.05, 4.69) is 26.0 Å². The van der Waals surface area contributed by atoms with Gasteiger partial charge in [-0.3, -0.25) is 9.59 Å². The van der Waals surface area contributed by atoms with Gasteiger partial charge in [0.1, 0.15) is 24.7 Å². The largest absolute Gasteiger partial charge is 0.491 e. The number of hydrogen-bond acceptors (Lipinski definition) is 9. The number of amides is 5. The zero-order valence-corrected chi connectivity index (χ0v) is 25.1. The number of halogens is 3. The van der Waals surface area contributed by atoms with Crippen LogP contribution in [0.15, 0.2) is 30.3 Å². The van der Waals surface area contributed by atoms with Crippen LogP contribution in [-0.2, 0) is 35.3 Å². The van der Waals surface area contributed by atoms with Gasteiger partial charge in [0.15, 0.2) is 0 Å². The Balaban J connectivity index is 2.85. The molecular weight excluding hydrogens is 605 g/mol. The van der Waals surface area contributed by atoms with E-state index in [1.165, 1.54) is 0 Å². The van der Waals surface area contributed by atoms with Crippen molar-refractivity contribution in [2.24, 2.45) is 17.4 Å². The molecule has 1 aromatic rings. The minimum Gasteiger partial charge on any atom is -0.445 e. The maximum Gasteiger partial charge on any atom is 0.491 e. The van der Waals surface area contributed by atoms with Crippen molar-refractivity contribution in [2.75, 3.05) is 13.1 Å². The molecule has 0 saturated carbocycles. The second-order valence-electron chi connectivity index (χ2n) is 10.3. The van der Waals surface area contributed by atoms with Gasteiger partial charge in [0.2, 0.25) is 11.8 Å². The fourth-order valence-electron chi connectivity index (χ4n) is 3.85. The van der Waals surface area contributed by atoms with Gasteiger partial charge in [0, 0.05) is 6.54 Å². The van der Waals surface area contributed by atoms with Crippen LogP contribution >= 0.6 is 0 Å². The molecule has 45 heavy (non-hydrogen) atoms. The molecule has 0 spiro atoms. The summed E-state index contributed by atoms with van der Waals surface area (Å²) in [7, 11) is 0. The van der Waals surface area contributed by atoms with Crippen LogP contribution in [0.4, 0.5) is 22.8 Å². The maximum absolute atomic E-state index is 13.0. The summed E-state index contributed by atoms with van der Waals surface area (Å²) in [5.41, 5.74) is 11.6. The number of hydrogen-bond donors (Lipinski definition) is 6. The Morgan fingerprint density at radius 2 is 1.47 bits per heavy atom. The van der Waals surface area contributed by atoms with E-state index in [1.807, 2.05) is 6.07 Å². The van der Waals surface area contributed by atoms with E-state index in [0.29, 0.717) is 12.8 Å². The number of unbranched alkanes of at least 4 members (excludes halogenated alkanes) is 2. The highest BCUT2D eigenvalue weighted by Gasteiger charge is 2.43. The highest BCUT2D eigenvalue weighted by molar-refractivity contribution is 5.94. The Hall–Kier alpha value is -4.41. The molecule has 1 rings (SSSR count). The van der Waals surface area contributed by atoms with Crippen LogP contribution in [0.5, 0.6) is 0 Å². The molecule has 8 N–H and O–H groups in total. The van der Waals surface area contributed by atoms with E-state index in [4.69, 9.17) is 16.2 Å². The van der Waals surface area contributed by atoms with Crippen LogP contribution in [0.2, 0.25) is 0 Å². The van der Waals surface area contributed by atoms with Gasteiger partial charge >= 0.3 is 30.2 Å². The van der Waals surface area contributed by atoms with Gasteiger partial charge < -0.3 is 42.2 Å². The van der Waals surface area contributed by atoms with E-state index in [-0.39, 0.29) is 45.4 Å². The van der Waals surface area contributed by atoms with Crippen molar-refractivity contribution in [3.63, 3.8) is 0 Å². The molecule has 0 aliphatic rings. The molecule has 0 aliphatic heterocycles. The lowest BCUT2D eigenvalue weighted by molar-refractivity contribution is -0.202. The molecular formula is C28H41F3N6O8. The molecule has 0 aromatic heterocycles. The lowest BCUT2D eigenvalue weighted by Crippen LogP contribution is -2.57. The van der Waals surface area contributed by atoms with E-state index >= 15 is 0 Å². The first-order valence-corrected chi connectivity index (χ1v) is 14.3. The highest BCUT2D eigenvalue weighted by atomic mass is 19.4. The first-order chi connectivity index (χ1) is 21.1. The summed E-state index contributed by atoms with van der Waals surface area (Å²) in [6.07, 6.45) is -5.19. The summed E-state index contributed by atoms with van der Waals surface area (Å²) >= 11 is 0. The van der Waals surface area contributed by atoms with Crippen molar-refractivity contribution in [3.8, 4) is 0 Å². The predicted octanol–water partition coefficient (Wildman–Crippen LogP) is 1.51. The number of urea groups is 1. The Morgan fingerprint density at radius 1 is 0.867 bits per heavy atom. The number of nitrogens with one attached hydrogen (secondary N) is 4. The molecule has 5 amide bonds. The number of carbonyl (C=O) groups excluding carboxylic acids is 6. The van der Waals surface area contributed by atoms with Crippen molar-refractivity contribution in [3.05, 3.63) is 35.9 Å². The molecule has 0 aliphatic carbocycles. The summed E-state index contributed by atoms with van der Waals surface area (Å²) < 4.78 is 46.8. The Kier molecular flexibility index (Phi) is 17.0. The third-order valence-electron chi connectivity index (χ3n) is 6.26. The van der Waals surface area contributed by atoms with Crippen LogP contribution in [0.25, 0.3) is 0 Å². The van der Waals surface area contributed by atoms with Crippen LogP contribution in [0, 0.1) is 5.92 Å². The topological polar surface area (TPSA) is 221 Å². The fourth-order valence-corrected chi connectivity index (χ4v) is 3.85. The Labute approximate surface area is 258 Å². The summed E-state index contributed by atoms with van der Waals surface area (Å²) in [6.45, 7) is 3.68. The van der Waals surface area contributed by atoms with Crippen molar-refractivity contribution in [1.29, 1.82) is 0 Å². The predicted molar refractivity (Wildman–Crippen MR) is 154 cm³/mol. The molecule has 0 unspecified atom stereocenters. The van der Waals surface area contributed by atoms with Crippen LogP contribution in [0.1, 0.15) is 57.9 Å². The first-order valence-electron chi connectivity index (χ1n) is 14.3. The van der Waals surface area contributed by atoms with Gasteiger partial charge in [-0.05, 0) is 56.6 Å². The van der Waals surface area contributed by atoms with Crippen molar-refractivity contribution < 1.29 is 51.4 Å². The number of alkyl halides is 3. The van der Waals surface area contributed by atoms with Gasteiger partial charge in [-0.15, -0.1) is 0 Å². The number of primary amides is 1. The molecule has 0 radical (unpaired) electrons. The number of benzene rings is 1. The molecule has 252 valence electrons.